The van der Waals surface area contributed by atoms with Crippen molar-refractivity contribution in [3.05, 3.63) is 46.3 Å². The quantitative estimate of drug-likeness (QED) is 0.471. The average molecular weight is 320 g/mol. The third-order valence-electron chi connectivity index (χ3n) is 3.91. The van der Waals surface area contributed by atoms with E-state index in [1.807, 2.05) is 30.3 Å². The zero-order chi connectivity index (χ0) is 16.4. The van der Waals surface area contributed by atoms with E-state index in [0.717, 1.165) is 5.56 Å². The van der Waals surface area contributed by atoms with Gasteiger partial charge in [0.15, 0.2) is 12.4 Å². The molecule has 0 spiro atoms. The fourth-order valence-electron chi connectivity index (χ4n) is 2.82. The van der Waals surface area contributed by atoms with Gasteiger partial charge in [-0.1, -0.05) is 35.4 Å². The summed E-state index contributed by atoms with van der Waals surface area (Å²) in [5, 5.41) is 13.8. The summed E-state index contributed by atoms with van der Waals surface area (Å²) < 4.78 is 16.9. The van der Waals surface area contributed by atoms with Gasteiger partial charge in [0.05, 0.1) is 12.6 Å². The number of ether oxygens (including phenoxy) is 3. The number of amides is 1. The number of hydrogen-bond acceptors (Lipinski definition) is 6. The summed E-state index contributed by atoms with van der Waals surface area (Å²) in [6.07, 6.45) is -4.72. The number of benzene rings is 1. The van der Waals surface area contributed by atoms with E-state index in [-0.39, 0.29) is 6.61 Å². The predicted molar refractivity (Wildman–Crippen MR) is 76.8 cm³/mol. The van der Waals surface area contributed by atoms with Gasteiger partial charge >= 0.3 is 0 Å². The van der Waals surface area contributed by atoms with Crippen LogP contribution in [0.25, 0.3) is 10.4 Å². The smallest absolute Gasteiger partial charge is 0.249 e. The van der Waals surface area contributed by atoms with Gasteiger partial charge in [-0.15, -0.1) is 0 Å². The molecule has 1 aromatic rings. The lowest BCUT2D eigenvalue weighted by Crippen LogP contribution is -2.63. The lowest BCUT2D eigenvalue weighted by atomic mass is 9.92. The minimum atomic E-state index is -1.38. The Bertz CT molecular complexity index is 621. The standard InChI is InChI=1S/C14H16N4O5/c15-13(20)12-10(19)9(17-18-16)11-8(22-12)6-21-14(23-11)7-4-2-1-3-5-7/h1-5,8-12,14,19H,6H2,(H2,15,20)/t8-,9-,10-,11+,12-,14+/m1/s1. The molecule has 0 unspecified atom stereocenters. The van der Waals surface area contributed by atoms with Crippen molar-refractivity contribution in [1.29, 1.82) is 0 Å². The Morgan fingerprint density at radius 3 is 2.74 bits per heavy atom. The van der Waals surface area contributed by atoms with E-state index in [1.54, 1.807) is 0 Å². The number of hydrogen-bond donors (Lipinski definition) is 2. The Kier molecular flexibility index (Phi) is 4.46. The Morgan fingerprint density at radius 2 is 2.09 bits per heavy atom. The van der Waals surface area contributed by atoms with E-state index in [2.05, 4.69) is 10.0 Å². The molecule has 3 N–H and O–H groups in total. The summed E-state index contributed by atoms with van der Waals surface area (Å²) in [4.78, 5) is 14.1. The highest BCUT2D eigenvalue weighted by molar-refractivity contribution is 5.79. The summed E-state index contributed by atoms with van der Waals surface area (Å²) in [7, 11) is 0. The molecule has 0 aromatic heterocycles. The fraction of sp³-hybridized carbons (Fsp3) is 0.500. The third-order valence-corrected chi connectivity index (χ3v) is 3.91. The zero-order valence-corrected chi connectivity index (χ0v) is 12.1. The number of carbonyl (C=O) groups excluding carboxylic acids is 1. The van der Waals surface area contributed by atoms with Crippen LogP contribution in [0.3, 0.4) is 0 Å². The first-order chi connectivity index (χ1) is 11.1. The van der Waals surface area contributed by atoms with Gasteiger partial charge in [-0.25, -0.2) is 0 Å². The molecule has 2 fully saturated rings. The van der Waals surface area contributed by atoms with Crippen LogP contribution in [0.4, 0.5) is 0 Å². The van der Waals surface area contributed by atoms with Crippen molar-refractivity contribution in [3.63, 3.8) is 0 Å². The van der Waals surface area contributed by atoms with E-state index in [0.29, 0.717) is 0 Å². The molecule has 23 heavy (non-hydrogen) atoms. The lowest BCUT2D eigenvalue weighted by Gasteiger charge is -2.46. The number of fused-ring (bicyclic) bond motifs is 1. The molecule has 3 rings (SSSR count). The molecule has 1 aromatic carbocycles. The van der Waals surface area contributed by atoms with E-state index >= 15 is 0 Å². The second-order valence-corrected chi connectivity index (χ2v) is 5.36. The SMILES string of the molecule is [N-]=[N+]=N[C@@H]1[C@@H](O)[C@H](C(N)=O)O[C@@H]2CO[C@H](c3ccccc3)O[C@H]12. The van der Waals surface area contributed by atoms with Crippen LogP contribution in [0, 0.1) is 0 Å². The molecule has 6 atom stereocenters. The molecule has 9 nitrogen and oxygen atoms in total. The van der Waals surface area contributed by atoms with E-state index < -0.39 is 42.7 Å². The van der Waals surface area contributed by atoms with Crippen LogP contribution in [0.15, 0.2) is 35.4 Å². The van der Waals surface area contributed by atoms with Crippen molar-refractivity contribution in [1.82, 2.24) is 0 Å². The number of rotatable bonds is 3. The van der Waals surface area contributed by atoms with Crippen LogP contribution in [-0.4, -0.2) is 48.1 Å². The summed E-state index contributed by atoms with van der Waals surface area (Å²) >= 11 is 0. The van der Waals surface area contributed by atoms with Crippen molar-refractivity contribution in [2.45, 2.75) is 36.7 Å². The number of azide groups is 1. The largest absolute Gasteiger partial charge is 0.389 e. The maximum atomic E-state index is 11.4. The molecule has 2 aliphatic heterocycles. The molecule has 0 aliphatic carbocycles. The van der Waals surface area contributed by atoms with Gasteiger partial charge in [0, 0.05) is 10.5 Å². The highest BCUT2D eigenvalue weighted by Crippen LogP contribution is 2.35. The Morgan fingerprint density at radius 1 is 1.35 bits per heavy atom. The summed E-state index contributed by atoms with van der Waals surface area (Å²) in [6, 6.07) is 8.22. The maximum Gasteiger partial charge on any atom is 0.249 e. The number of carbonyl (C=O) groups is 1. The predicted octanol–water partition coefficient (Wildman–Crippen LogP) is 0.393. The van der Waals surface area contributed by atoms with Crippen molar-refractivity contribution < 1.29 is 24.1 Å². The summed E-state index contributed by atoms with van der Waals surface area (Å²) in [5.41, 5.74) is 14.7. The zero-order valence-electron chi connectivity index (χ0n) is 12.1. The Hall–Kier alpha value is -2.16. The fourth-order valence-corrected chi connectivity index (χ4v) is 2.82. The Labute approximate surface area is 131 Å². The average Bonchev–Trinajstić information content (AvgIpc) is 2.57. The first-order valence-electron chi connectivity index (χ1n) is 7.11. The molecular weight excluding hydrogens is 304 g/mol. The number of aliphatic hydroxyl groups excluding tert-OH is 1. The van der Waals surface area contributed by atoms with Gasteiger partial charge < -0.3 is 25.1 Å². The number of nitrogens with two attached hydrogens (primary N) is 1. The van der Waals surface area contributed by atoms with Crippen molar-refractivity contribution in [2.75, 3.05) is 6.61 Å². The second kappa shape index (κ2) is 6.53. The van der Waals surface area contributed by atoms with Gasteiger partial charge in [-0.3, -0.25) is 4.79 Å². The number of primary amides is 1. The third kappa shape index (κ3) is 3.00. The van der Waals surface area contributed by atoms with Gasteiger partial charge in [0.25, 0.3) is 0 Å². The summed E-state index contributed by atoms with van der Waals surface area (Å²) in [5.74, 6) is -0.834. The molecule has 2 heterocycles. The van der Waals surface area contributed by atoms with Crippen molar-refractivity contribution >= 4 is 5.91 Å². The van der Waals surface area contributed by atoms with E-state index in [4.69, 9.17) is 25.5 Å². The normalized spacial score (nSPS) is 36.6. The van der Waals surface area contributed by atoms with Crippen molar-refractivity contribution in [3.8, 4) is 0 Å². The van der Waals surface area contributed by atoms with Gasteiger partial charge in [-0.05, 0) is 5.53 Å². The number of aliphatic hydroxyl groups is 1. The topological polar surface area (TPSA) is 140 Å². The van der Waals surface area contributed by atoms with Crippen LogP contribution < -0.4 is 5.73 Å². The molecule has 1 amide bonds. The first-order valence-corrected chi connectivity index (χ1v) is 7.11. The highest BCUT2D eigenvalue weighted by atomic mass is 16.7. The van der Waals surface area contributed by atoms with Gasteiger partial charge in [-0.2, -0.15) is 0 Å². The minimum Gasteiger partial charge on any atom is -0.389 e. The lowest BCUT2D eigenvalue weighted by molar-refractivity contribution is -0.302. The van der Waals surface area contributed by atoms with Crippen LogP contribution in [0.5, 0.6) is 0 Å². The molecule has 2 saturated heterocycles. The van der Waals surface area contributed by atoms with Crippen LogP contribution in [0.1, 0.15) is 11.9 Å². The van der Waals surface area contributed by atoms with Crippen LogP contribution in [0.2, 0.25) is 0 Å². The van der Waals surface area contributed by atoms with E-state index in [9.17, 15) is 9.90 Å². The summed E-state index contributed by atoms with van der Waals surface area (Å²) in [6.45, 7) is 0.123. The van der Waals surface area contributed by atoms with Crippen LogP contribution in [-0.2, 0) is 19.0 Å². The maximum absolute atomic E-state index is 11.4. The van der Waals surface area contributed by atoms with Crippen molar-refractivity contribution in [2.24, 2.45) is 10.8 Å². The number of nitrogens with zero attached hydrogens (tertiary/aromatic N) is 3. The highest BCUT2D eigenvalue weighted by Gasteiger charge is 2.50. The molecule has 0 saturated carbocycles. The molecule has 9 heteroatoms. The molecular formula is C14H16N4O5. The van der Waals surface area contributed by atoms with Gasteiger partial charge in [0.2, 0.25) is 5.91 Å². The molecule has 2 aliphatic rings. The van der Waals surface area contributed by atoms with Crippen LogP contribution >= 0.6 is 0 Å². The molecule has 0 radical (unpaired) electrons. The first kappa shape index (κ1) is 15.7. The monoisotopic (exact) mass is 320 g/mol. The van der Waals surface area contributed by atoms with E-state index in [1.165, 1.54) is 0 Å². The molecule has 0 bridgehead atoms. The Balaban J connectivity index is 1.84. The minimum absolute atomic E-state index is 0.123. The molecule has 122 valence electrons. The van der Waals surface area contributed by atoms with Gasteiger partial charge in [0.1, 0.15) is 18.3 Å². The second-order valence-electron chi connectivity index (χ2n) is 5.36.